The fourth-order valence-corrected chi connectivity index (χ4v) is 4.64. The predicted octanol–water partition coefficient (Wildman–Crippen LogP) is 2.38. The van der Waals surface area contributed by atoms with Gasteiger partial charge in [0.15, 0.2) is 5.65 Å². The Morgan fingerprint density at radius 3 is 2.64 bits per heavy atom. The number of ether oxygens (including phenoxy) is 2. The van der Waals surface area contributed by atoms with Gasteiger partial charge in [-0.25, -0.2) is 24.4 Å². The number of morpholine rings is 1. The van der Waals surface area contributed by atoms with Crippen LogP contribution < -0.4 is 15.5 Å². The van der Waals surface area contributed by atoms with Gasteiger partial charge in [-0.05, 0) is 25.0 Å². The van der Waals surface area contributed by atoms with Crippen LogP contribution in [0, 0.1) is 0 Å². The van der Waals surface area contributed by atoms with Crippen LogP contribution in [-0.2, 0) is 9.47 Å². The maximum atomic E-state index is 11.6. The molecule has 186 valence electrons. The van der Waals surface area contributed by atoms with Crippen LogP contribution >= 0.6 is 0 Å². The van der Waals surface area contributed by atoms with E-state index in [1.165, 1.54) is 0 Å². The van der Waals surface area contributed by atoms with Gasteiger partial charge in [0.1, 0.15) is 0 Å². The lowest BCUT2D eigenvalue weighted by Crippen LogP contribution is -2.37. The number of nitrogens with zero attached hydrogens (tertiary/aromatic N) is 7. The standard InChI is InChI=1S/C24H27N9O3/c1-25-24(34)31-22-26-13-16-12-15(2-3-19(16)28-22)20-18-14-27-33(17-4-8-35-9-5-17)21(18)30-23(29-20)32-6-10-36-11-7-32/h2-3,12-14,17H,4-11H2,1H3,(H2,25,26,28,31,34). The number of nitrogens with one attached hydrogen (secondary N) is 2. The third kappa shape index (κ3) is 4.29. The SMILES string of the molecule is CNC(=O)Nc1ncc2cc(-c3nc(N4CCOCC4)nc4c3cnn4C3CCOCC3)ccc2n1. The first-order chi connectivity index (χ1) is 17.7. The number of rotatable bonds is 4. The third-order valence-electron chi connectivity index (χ3n) is 6.58. The highest BCUT2D eigenvalue weighted by atomic mass is 16.5. The van der Waals surface area contributed by atoms with Crippen molar-refractivity contribution in [2.75, 3.05) is 56.8 Å². The van der Waals surface area contributed by atoms with Gasteiger partial charge in [0.05, 0.1) is 42.0 Å². The Morgan fingerprint density at radius 2 is 1.83 bits per heavy atom. The second kappa shape index (κ2) is 9.63. The largest absolute Gasteiger partial charge is 0.381 e. The quantitative estimate of drug-likeness (QED) is 0.443. The van der Waals surface area contributed by atoms with Crippen molar-refractivity contribution >= 4 is 39.9 Å². The average Bonchev–Trinajstić information content (AvgIpc) is 3.37. The van der Waals surface area contributed by atoms with Crippen molar-refractivity contribution in [3.8, 4) is 11.3 Å². The summed E-state index contributed by atoms with van der Waals surface area (Å²) in [4.78, 5) is 32.5. The lowest BCUT2D eigenvalue weighted by molar-refractivity contribution is 0.0673. The molecule has 0 spiro atoms. The molecule has 12 heteroatoms. The summed E-state index contributed by atoms with van der Waals surface area (Å²) in [6.45, 7) is 4.22. The molecule has 0 aliphatic carbocycles. The highest BCUT2D eigenvalue weighted by Crippen LogP contribution is 2.33. The predicted molar refractivity (Wildman–Crippen MR) is 134 cm³/mol. The van der Waals surface area contributed by atoms with Gasteiger partial charge < -0.3 is 19.7 Å². The molecule has 1 aromatic carbocycles. The Bertz CT molecular complexity index is 1410. The van der Waals surface area contributed by atoms with E-state index in [1.807, 2.05) is 29.1 Å². The van der Waals surface area contributed by atoms with Crippen LogP contribution in [0.25, 0.3) is 33.2 Å². The third-order valence-corrected chi connectivity index (χ3v) is 6.58. The number of urea groups is 1. The van der Waals surface area contributed by atoms with Crippen molar-refractivity contribution < 1.29 is 14.3 Å². The zero-order valence-corrected chi connectivity index (χ0v) is 20.0. The summed E-state index contributed by atoms with van der Waals surface area (Å²) in [5.74, 6) is 0.919. The molecule has 2 saturated heterocycles. The summed E-state index contributed by atoms with van der Waals surface area (Å²) < 4.78 is 13.1. The smallest absolute Gasteiger partial charge is 0.321 e. The molecular formula is C24H27N9O3. The lowest BCUT2D eigenvalue weighted by atomic mass is 10.1. The number of carbonyl (C=O) groups excluding carboxylic acids is 1. The first-order valence-electron chi connectivity index (χ1n) is 12.1. The molecule has 2 N–H and O–H groups in total. The van der Waals surface area contributed by atoms with Gasteiger partial charge in [-0.15, -0.1) is 0 Å². The van der Waals surface area contributed by atoms with Crippen molar-refractivity contribution in [3.63, 3.8) is 0 Å². The Morgan fingerprint density at radius 1 is 1.03 bits per heavy atom. The maximum absolute atomic E-state index is 11.6. The van der Waals surface area contributed by atoms with Crippen LogP contribution in [-0.4, -0.2) is 82.3 Å². The molecule has 2 fully saturated rings. The van der Waals surface area contributed by atoms with Crippen LogP contribution in [0.15, 0.2) is 30.6 Å². The van der Waals surface area contributed by atoms with Crippen LogP contribution in [0.2, 0.25) is 0 Å². The van der Waals surface area contributed by atoms with Crippen LogP contribution in [0.5, 0.6) is 0 Å². The Kier molecular flexibility index (Phi) is 6.03. The number of benzene rings is 1. The molecule has 6 rings (SSSR count). The van der Waals surface area contributed by atoms with Crippen molar-refractivity contribution in [1.82, 2.24) is 35.0 Å². The zero-order valence-electron chi connectivity index (χ0n) is 20.0. The number of anilines is 2. The summed E-state index contributed by atoms with van der Waals surface area (Å²) >= 11 is 0. The maximum Gasteiger partial charge on any atom is 0.321 e. The van der Waals surface area contributed by atoms with Gasteiger partial charge in [0, 0.05) is 50.5 Å². The molecule has 0 saturated carbocycles. The normalized spacial score (nSPS) is 17.0. The molecule has 5 heterocycles. The monoisotopic (exact) mass is 489 g/mol. The highest BCUT2D eigenvalue weighted by molar-refractivity contribution is 5.95. The van der Waals surface area contributed by atoms with Crippen LogP contribution in [0.3, 0.4) is 0 Å². The first-order valence-corrected chi connectivity index (χ1v) is 12.1. The van der Waals surface area contributed by atoms with Gasteiger partial charge in [0.25, 0.3) is 0 Å². The Labute approximate surface area is 207 Å². The van der Waals surface area contributed by atoms with E-state index in [2.05, 4.69) is 25.5 Å². The molecule has 3 aromatic heterocycles. The van der Waals surface area contributed by atoms with Gasteiger partial charge in [-0.3, -0.25) is 5.32 Å². The van der Waals surface area contributed by atoms with Crippen LogP contribution in [0.1, 0.15) is 18.9 Å². The van der Waals surface area contributed by atoms with Gasteiger partial charge >= 0.3 is 6.03 Å². The summed E-state index contributed by atoms with van der Waals surface area (Å²) in [6.07, 6.45) is 5.37. The number of aromatic nitrogens is 6. The van der Waals surface area contributed by atoms with Crippen LogP contribution in [0.4, 0.5) is 16.7 Å². The van der Waals surface area contributed by atoms with E-state index >= 15 is 0 Å². The van der Waals surface area contributed by atoms with Crippen molar-refractivity contribution in [3.05, 3.63) is 30.6 Å². The second-order valence-electron chi connectivity index (χ2n) is 8.81. The van der Waals surface area contributed by atoms with Gasteiger partial charge in [-0.2, -0.15) is 10.1 Å². The molecule has 0 bridgehead atoms. The summed E-state index contributed by atoms with van der Waals surface area (Å²) in [6, 6.07) is 5.78. The second-order valence-corrected chi connectivity index (χ2v) is 8.81. The molecule has 12 nitrogen and oxygen atoms in total. The van der Waals surface area contributed by atoms with E-state index in [0.29, 0.717) is 19.2 Å². The molecule has 0 radical (unpaired) electrons. The van der Waals surface area contributed by atoms with Gasteiger partial charge in [-0.1, -0.05) is 6.07 Å². The molecule has 2 aliphatic heterocycles. The van der Waals surface area contributed by atoms with Crippen molar-refractivity contribution in [2.45, 2.75) is 18.9 Å². The molecular weight excluding hydrogens is 462 g/mol. The number of carbonyl (C=O) groups is 1. The van der Waals surface area contributed by atoms with Crippen molar-refractivity contribution in [1.29, 1.82) is 0 Å². The lowest BCUT2D eigenvalue weighted by Gasteiger charge is -2.27. The van der Waals surface area contributed by atoms with E-state index in [0.717, 1.165) is 72.3 Å². The van der Waals surface area contributed by atoms with Gasteiger partial charge in [0.2, 0.25) is 11.9 Å². The number of hydrogen-bond acceptors (Lipinski definition) is 9. The summed E-state index contributed by atoms with van der Waals surface area (Å²) in [7, 11) is 1.54. The van der Waals surface area contributed by atoms with E-state index in [-0.39, 0.29) is 18.0 Å². The highest BCUT2D eigenvalue weighted by Gasteiger charge is 2.24. The van der Waals surface area contributed by atoms with E-state index in [4.69, 9.17) is 24.5 Å². The van der Waals surface area contributed by atoms with E-state index in [1.54, 1.807) is 13.2 Å². The fraction of sp³-hybridized carbons (Fsp3) is 0.417. The minimum absolute atomic E-state index is 0.242. The van der Waals surface area contributed by atoms with E-state index in [9.17, 15) is 4.79 Å². The fourth-order valence-electron chi connectivity index (χ4n) is 4.64. The molecule has 0 atom stereocenters. The van der Waals surface area contributed by atoms with E-state index < -0.39 is 0 Å². The topological polar surface area (TPSA) is 132 Å². The molecule has 0 unspecified atom stereocenters. The minimum atomic E-state index is -0.369. The molecule has 4 aromatic rings. The Balaban J connectivity index is 1.44. The summed E-state index contributed by atoms with van der Waals surface area (Å²) in [5.41, 5.74) is 3.28. The van der Waals surface area contributed by atoms with Crippen molar-refractivity contribution in [2.24, 2.45) is 0 Å². The number of amides is 2. The molecule has 36 heavy (non-hydrogen) atoms. The summed E-state index contributed by atoms with van der Waals surface area (Å²) in [5, 5.41) is 11.6. The zero-order chi connectivity index (χ0) is 24.5. The number of hydrogen-bond donors (Lipinski definition) is 2. The first kappa shape index (κ1) is 22.6. The number of fused-ring (bicyclic) bond motifs is 2. The molecule has 2 aliphatic rings. The Hall–Kier alpha value is -3.90. The average molecular weight is 490 g/mol. The molecule has 2 amide bonds. The minimum Gasteiger partial charge on any atom is -0.381 e.